The topological polar surface area (TPSA) is 74.5 Å². The normalized spacial score (nSPS) is 19.2. The molecule has 1 aromatic heterocycles. The van der Waals surface area contributed by atoms with Gasteiger partial charge in [-0.1, -0.05) is 28.5 Å². The number of rotatable bonds is 4. The number of amides is 1. The lowest BCUT2D eigenvalue weighted by Crippen LogP contribution is -2.41. The fourth-order valence-electron chi connectivity index (χ4n) is 3.95. The van der Waals surface area contributed by atoms with Crippen LogP contribution in [0.4, 0.5) is 0 Å². The molecule has 7 nitrogen and oxygen atoms in total. The van der Waals surface area contributed by atoms with Gasteiger partial charge in [-0.3, -0.25) is 9.69 Å². The van der Waals surface area contributed by atoms with Crippen molar-refractivity contribution in [2.45, 2.75) is 32.2 Å². The van der Waals surface area contributed by atoms with E-state index < -0.39 is 0 Å². The summed E-state index contributed by atoms with van der Waals surface area (Å²) in [5.74, 6) is 0.459. The quantitative estimate of drug-likeness (QED) is 0.905. The highest BCUT2D eigenvalue weighted by molar-refractivity contribution is 5.79. The van der Waals surface area contributed by atoms with Gasteiger partial charge in [-0.2, -0.15) is 0 Å². The largest absolute Gasteiger partial charge is 0.491 e. The third-order valence-electron chi connectivity index (χ3n) is 5.47. The fourth-order valence-corrected chi connectivity index (χ4v) is 3.95. The number of hydrogen-bond acceptors (Lipinski definition) is 5. The highest BCUT2D eigenvalue weighted by Gasteiger charge is 2.30. The van der Waals surface area contributed by atoms with Gasteiger partial charge in [0, 0.05) is 25.6 Å². The average molecular weight is 355 g/mol. The summed E-state index contributed by atoms with van der Waals surface area (Å²) in [6.45, 7) is 4.13. The molecule has 138 valence electrons. The number of carbonyl (C=O) groups excluding carboxylic acids is 1. The molecule has 1 amide bonds. The van der Waals surface area contributed by atoms with E-state index in [2.05, 4.69) is 15.2 Å². The van der Waals surface area contributed by atoms with Gasteiger partial charge < -0.3 is 10.0 Å². The summed E-state index contributed by atoms with van der Waals surface area (Å²) in [7, 11) is 0. The summed E-state index contributed by atoms with van der Waals surface area (Å²) in [5.41, 5.74) is 1.58. The maximum atomic E-state index is 12.6. The van der Waals surface area contributed by atoms with Crippen LogP contribution in [-0.4, -0.2) is 62.0 Å². The number of aromatic nitrogens is 3. The minimum absolute atomic E-state index is 0.0240. The molecule has 2 aromatic rings. The highest BCUT2D eigenvalue weighted by atomic mass is 16.3. The molecule has 4 rings (SSSR count). The molecule has 26 heavy (non-hydrogen) atoms. The van der Waals surface area contributed by atoms with Crippen LogP contribution >= 0.6 is 0 Å². The lowest BCUT2D eigenvalue weighted by Gasteiger charge is -2.33. The van der Waals surface area contributed by atoms with Crippen LogP contribution in [0.5, 0.6) is 5.88 Å². The molecule has 0 spiro atoms. The fraction of sp³-hybridized carbons (Fsp3) is 0.526. The lowest BCUT2D eigenvalue weighted by molar-refractivity contribution is -0.136. The van der Waals surface area contributed by atoms with E-state index in [1.807, 2.05) is 35.2 Å². The van der Waals surface area contributed by atoms with Gasteiger partial charge in [0.05, 0.1) is 5.69 Å². The molecular weight excluding hydrogens is 330 g/mol. The van der Waals surface area contributed by atoms with E-state index in [-0.39, 0.29) is 11.8 Å². The third-order valence-corrected chi connectivity index (χ3v) is 5.47. The molecule has 2 aliphatic heterocycles. The van der Waals surface area contributed by atoms with Crippen molar-refractivity contribution in [3.05, 3.63) is 36.0 Å². The standard InChI is InChI=1S/C19H25N5O2/c25-18-17(24(21-20-18)16-6-2-1-3-7-16)14-22-12-8-15(9-13-22)19(26)23-10-4-5-11-23/h1-3,6-7,15,25H,4-5,8-14H2. The Morgan fingerprint density at radius 1 is 1.08 bits per heavy atom. The van der Waals surface area contributed by atoms with Gasteiger partial charge in [0.2, 0.25) is 5.91 Å². The van der Waals surface area contributed by atoms with Crippen LogP contribution in [0.15, 0.2) is 30.3 Å². The minimum Gasteiger partial charge on any atom is -0.491 e. The average Bonchev–Trinajstić information content (AvgIpc) is 3.34. The van der Waals surface area contributed by atoms with Gasteiger partial charge >= 0.3 is 0 Å². The van der Waals surface area contributed by atoms with Crippen molar-refractivity contribution in [2.75, 3.05) is 26.2 Å². The number of carbonyl (C=O) groups is 1. The second-order valence-corrected chi connectivity index (χ2v) is 7.19. The zero-order valence-electron chi connectivity index (χ0n) is 14.9. The van der Waals surface area contributed by atoms with E-state index in [0.717, 1.165) is 57.5 Å². The number of hydrogen-bond donors (Lipinski definition) is 1. The number of likely N-dealkylation sites (tertiary alicyclic amines) is 2. The van der Waals surface area contributed by atoms with Crippen molar-refractivity contribution in [1.29, 1.82) is 0 Å². The molecule has 1 N–H and O–H groups in total. The van der Waals surface area contributed by atoms with E-state index in [1.165, 1.54) is 0 Å². The van der Waals surface area contributed by atoms with Crippen molar-refractivity contribution >= 4 is 5.91 Å². The first-order chi connectivity index (χ1) is 12.7. The smallest absolute Gasteiger partial charge is 0.256 e. The Morgan fingerprint density at radius 3 is 2.46 bits per heavy atom. The number of para-hydroxylation sites is 1. The Labute approximate surface area is 153 Å². The molecule has 2 aliphatic rings. The van der Waals surface area contributed by atoms with Crippen molar-refractivity contribution in [3.63, 3.8) is 0 Å². The van der Waals surface area contributed by atoms with Crippen LogP contribution < -0.4 is 0 Å². The third kappa shape index (κ3) is 3.44. The molecule has 0 atom stereocenters. The Balaban J connectivity index is 1.39. The second kappa shape index (κ2) is 7.45. The van der Waals surface area contributed by atoms with E-state index in [0.29, 0.717) is 18.1 Å². The maximum Gasteiger partial charge on any atom is 0.256 e. The van der Waals surface area contributed by atoms with Gasteiger partial charge in [0.25, 0.3) is 5.88 Å². The summed E-state index contributed by atoms with van der Waals surface area (Å²) in [6, 6.07) is 9.71. The molecule has 2 fully saturated rings. The molecule has 0 aliphatic carbocycles. The monoisotopic (exact) mass is 355 g/mol. The van der Waals surface area contributed by atoms with Gasteiger partial charge in [-0.05, 0) is 50.9 Å². The van der Waals surface area contributed by atoms with Crippen molar-refractivity contribution in [1.82, 2.24) is 24.8 Å². The van der Waals surface area contributed by atoms with Crippen LogP contribution in [0.2, 0.25) is 0 Å². The van der Waals surface area contributed by atoms with Crippen LogP contribution in [0.25, 0.3) is 5.69 Å². The lowest BCUT2D eigenvalue weighted by atomic mass is 9.95. The Hall–Kier alpha value is -2.41. The molecule has 0 bridgehead atoms. The highest BCUT2D eigenvalue weighted by Crippen LogP contribution is 2.25. The molecule has 0 unspecified atom stereocenters. The van der Waals surface area contributed by atoms with E-state index in [9.17, 15) is 9.90 Å². The summed E-state index contributed by atoms with van der Waals surface area (Å²) < 4.78 is 1.69. The molecule has 0 radical (unpaired) electrons. The second-order valence-electron chi connectivity index (χ2n) is 7.19. The van der Waals surface area contributed by atoms with Crippen LogP contribution in [-0.2, 0) is 11.3 Å². The predicted molar refractivity (Wildman–Crippen MR) is 96.8 cm³/mol. The summed E-state index contributed by atoms with van der Waals surface area (Å²) in [4.78, 5) is 16.9. The summed E-state index contributed by atoms with van der Waals surface area (Å²) in [5, 5.41) is 18.0. The van der Waals surface area contributed by atoms with Crippen LogP contribution in [0.3, 0.4) is 0 Å². The summed E-state index contributed by atoms with van der Waals surface area (Å²) >= 11 is 0. The first kappa shape index (κ1) is 17.0. The van der Waals surface area contributed by atoms with Gasteiger partial charge in [-0.15, -0.1) is 0 Å². The Kier molecular flexibility index (Phi) is 4.88. The maximum absolute atomic E-state index is 12.6. The number of benzene rings is 1. The molecule has 1 aromatic carbocycles. The van der Waals surface area contributed by atoms with E-state index >= 15 is 0 Å². The van der Waals surface area contributed by atoms with Crippen molar-refractivity contribution < 1.29 is 9.90 Å². The number of nitrogens with zero attached hydrogens (tertiary/aromatic N) is 5. The van der Waals surface area contributed by atoms with Crippen molar-refractivity contribution in [3.8, 4) is 11.6 Å². The molecule has 0 saturated carbocycles. The Bertz CT molecular complexity index is 747. The minimum atomic E-state index is -0.0240. The van der Waals surface area contributed by atoms with Gasteiger partial charge in [-0.25, -0.2) is 4.68 Å². The van der Waals surface area contributed by atoms with Crippen LogP contribution in [0.1, 0.15) is 31.4 Å². The van der Waals surface area contributed by atoms with Gasteiger partial charge in [0.15, 0.2) is 0 Å². The van der Waals surface area contributed by atoms with Crippen molar-refractivity contribution in [2.24, 2.45) is 5.92 Å². The van der Waals surface area contributed by atoms with Gasteiger partial charge in [0.1, 0.15) is 5.69 Å². The number of aromatic hydroxyl groups is 1. The van der Waals surface area contributed by atoms with E-state index in [4.69, 9.17) is 0 Å². The SMILES string of the molecule is O=C(C1CCN(Cc2c(O)nnn2-c2ccccc2)CC1)N1CCCC1. The molecule has 7 heteroatoms. The number of piperidine rings is 1. The first-order valence-electron chi connectivity index (χ1n) is 9.42. The molecule has 2 saturated heterocycles. The summed E-state index contributed by atoms with van der Waals surface area (Å²) in [6.07, 6.45) is 4.03. The molecule has 3 heterocycles. The van der Waals surface area contributed by atoms with E-state index in [1.54, 1.807) is 4.68 Å². The molecular formula is C19H25N5O2. The first-order valence-corrected chi connectivity index (χ1v) is 9.42. The Morgan fingerprint density at radius 2 is 1.77 bits per heavy atom. The zero-order chi connectivity index (χ0) is 17.9. The van der Waals surface area contributed by atoms with Crippen LogP contribution in [0, 0.1) is 5.92 Å². The predicted octanol–water partition coefficient (Wildman–Crippen LogP) is 1.81. The zero-order valence-corrected chi connectivity index (χ0v) is 14.9.